The van der Waals surface area contributed by atoms with Crippen molar-refractivity contribution in [3.63, 3.8) is 0 Å². The summed E-state index contributed by atoms with van der Waals surface area (Å²) in [4.78, 5) is 55.1. The quantitative estimate of drug-likeness (QED) is 0.0113. The van der Waals surface area contributed by atoms with Crippen LogP contribution in [0.25, 0.3) is 0 Å². The number of nitrogen functional groups attached to an aromatic ring is 1. The number of hydrogen-bond acceptors (Lipinski definition) is 19. The topological polar surface area (TPSA) is 324 Å². The smallest absolute Gasteiger partial charge is 0.870 e. The fourth-order valence-electron chi connectivity index (χ4n) is 8.78. The third-order valence-corrected chi connectivity index (χ3v) is 14.5. The van der Waals surface area contributed by atoms with Crippen LogP contribution in [0, 0.1) is 20.2 Å². The number of aliphatic hydroxyl groups excluding tert-OH is 1. The van der Waals surface area contributed by atoms with E-state index in [9.17, 15) is 49.9 Å². The Labute approximate surface area is 635 Å². The van der Waals surface area contributed by atoms with E-state index in [-0.39, 0.29) is 122 Å². The number of anilines is 1. The average molecular weight is 1430 g/mol. The number of nitro benzene ring substituents is 2. The van der Waals surface area contributed by atoms with Gasteiger partial charge >= 0.3 is 69.1 Å². The molecule has 21 nitrogen and oxygen atoms in total. The first-order valence-corrected chi connectivity index (χ1v) is 32.0. The molecular formula is C75H124ClKN4O17. The number of aromatic hydroxyl groups is 3. The maximum absolute atomic E-state index is 11.3. The van der Waals surface area contributed by atoms with E-state index >= 15 is 0 Å². The molecule has 23 heteroatoms. The zero-order valence-electron chi connectivity index (χ0n) is 63.0. The summed E-state index contributed by atoms with van der Waals surface area (Å²) < 4.78 is 23.0. The van der Waals surface area contributed by atoms with Crippen LogP contribution >= 0.6 is 11.6 Å². The van der Waals surface area contributed by atoms with Crippen molar-refractivity contribution in [3.8, 4) is 28.7 Å². The molecule has 5 aromatic rings. The van der Waals surface area contributed by atoms with Crippen molar-refractivity contribution in [2.75, 3.05) is 53.8 Å². The van der Waals surface area contributed by atoms with Gasteiger partial charge in [0.25, 0.3) is 11.4 Å². The van der Waals surface area contributed by atoms with E-state index in [1.165, 1.54) is 64.2 Å². The van der Waals surface area contributed by atoms with Crippen LogP contribution < -0.4 is 66.6 Å². The molecule has 0 aliphatic heterocycles. The first-order valence-electron chi connectivity index (χ1n) is 31.6. The summed E-state index contributed by atoms with van der Waals surface area (Å²) in [5, 5.41) is 58.1. The van der Waals surface area contributed by atoms with Crippen LogP contribution in [0.4, 0.5) is 31.4 Å². The molecule has 0 aliphatic carbocycles. The van der Waals surface area contributed by atoms with Crippen LogP contribution in [-0.4, -0.2) is 106 Å². The van der Waals surface area contributed by atoms with E-state index in [0.717, 1.165) is 59.8 Å². The molecule has 0 aliphatic rings. The van der Waals surface area contributed by atoms with Gasteiger partial charge in [0.05, 0.1) is 43.3 Å². The fourth-order valence-corrected chi connectivity index (χ4v) is 8.78. The van der Waals surface area contributed by atoms with Crippen LogP contribution in [0.1, 0.15) is 230 Å². The number of phenols is 3. The second-order valence-corrected chi connectivity index (χ2v) is 26.7. The van der Waals surface area contributed by atoms with Crippen LogP contribution in [0.2, 0.25) is 0 Å². The van der Waals surface area contributed by atoms with Gasteiger partial charge in [0.1, 0.15) is 28.7 Å². The van der Waals surface area contributed by atoms with Crippen LogP contribution in [0.15, 0.2) is 72.8 Å². The number of benzene rings is 5. The fraction of sp³-hybridized carbons (Fsp3) is 0.560. The van der Waals surface area contributed by atoms with Crippen molar-refractivity contribution in [1.82, 2.24) is 4.90 Å². The van der Waals surface area contributed by atoms with Gasteiger partial charge in [-0.2, -0.15) is 0 Å². The first-order chi connectivity index (χ1) is 43.3. The Morgan fingerprint density at radius 3 is 1.06 bits per heavy atom. The number of halogens is 1. The number of nitrogens with zero attached hydrogens (tertiary/aromatic N) is 3. The van der Waals surface area contributed by atoms with Crippen molar-refractivity contribution in [1.29, 1.82) is 0 Å². The van der Waals surface area contributed by atoms with E-state index in [1.807, 2.05) is 79.7 Å². The predicted molar refractivity (Wildman–Crippen MR) is 397 cm³/mol. The van der Waals surface area contributed by atoms with Gasteiger partial charge in [0, 0.05) is 52.7 Å². The molecule has 0 atom stereocenters. The van der Waals surface area contributed by atoms with Crippen LogP contribution in [0.5, 0.6) is 28.7 Å². The van der Waals surface area contributed by atoms with E-state index in [0.29, 0.717) is 46.9 Å². The van der Waals surface area contributed by atoms with Crippen LogP contribution in [0.3, 0.4) is 0 Å². The SMILES string of the molecule is C.C.CCN(CC)CC.CCc1cc(C(C)(C)C)c(O)cc1N.CCc1cc(C(C)(C)C)c(O)cc1[N+](=O)[O-].CCc1cc(C(C)(C)C)c(OC(=O)OC)cc1[N+](=O)[O-].CCc1ccc(O)c(C(C)(C)C)c1.CCc1ccc(OC(=O)OC)c(C(C)(C)C)c1.CO.COC(=O)Cl.[K+].[OH-]. The summed E-state index contributed by atoms with van der Waals surface area (Å²) >= 11 is 4.60. The van der Waals surface area contributed by atoms with Crippen molar-refractivity contribution < 1.29 is 125 Å². The number of nitrogens with two attached hydrogens (primary N) is 1. The van der Waals surface area contributed by atoms with Gasteiger partial charge in [0.15, 0.2) is 0 Å². The first kappa shape index (κ1) is 105. The number of hydrogen-bond donors (Lipinski definition) is 5. The van der Waals surface area contributed by atoms with Crippen LogP contribution in [-0.2, 0) is 73.4 Å². The molecule has 0 amide bonds. The average Bonchev–Trinajstić information content (AvgIpc) is 0.811. The Morgan fingerprint density at radius 1 is 0.459 bits per heavy atom. The summed E-state index contributed by atoms with van der Waals surface area (Å²) in [5.74, 6) is 1.43. The maximum atomic E-state index is 11.3. The second-order valence-electron chi connectivity index (χ2n) is 26.4. The molecule has 7 N–H and O–H groups in total. The molecule has 0 saturated carbocycles. The van der Waals surface area contributed by atoms with Gasteiger partial charge in [-0.05, 0) is 143 Å². The molecular weight excluding hydrogens is 1300 g/mol. The molecule has 0 heterocycles. The zero-order valence-corrected chi connectivity index (χ0v) is 66.9. The van der Waals surface area contributed by atoms with Gasteiger partial charge in [-0.25, -0.2) is 14.4 Å². The van der Waals surface area contributed by atoms with Crippen molar-refractivity contribution in [2.45, 2.75) is 233 Å². The number of carbonyl (C=O) groups is 3. The number of rotatable bonds is 12. The normalized spacial score (nSPS) is 10.4. The number of aryl methyl sites for hydroxylation is 5. The molecule has 0 radical (unpaired) electrons. The molecule has 0 unspecified atom stereocenters. The molecule has 0 aromatic heterocycles. The third-order valence-electron chi connectivity index (χ3n) is 14.4. The Morgan fingerprint density at radius 2 is 0.755 bits per heavy atom. The third kappa shape index (κ3) is 38.5. The molecule has 0 bridgehead atoms. The minimum Gasteiger partial charge on any atom is -0.870 e. The largest absolute Gasteiger partial charge is 1.00 e. The molecule has 5 rings (SSSR count). The summed E-state index contributed by atoms with van der Waals surface area (Å²) in [6.45, 7) is 50.7. The number of nitro groups is 2. The maximum Gasteiger partial charge on any atom is 1.00 e. The summed E-state index contributed by atoms with van der Waals surface area (Å²) in [5.41, 5.74) is 14.4. The zero-order chi connectivity index (χ0) is 74.0. The van der Waals surface area contributed by atoms with E-state index < -0.39 is 27.6 Å². The minimum absolute atomic E-state index is 0. The summed E-state index contributed by atoms with van der Waals surface area (Å²) in [6, 6.07) is 21.4. The number of carbonyl (C=O) groups excluding carboxylic acids is 3. The minimum atomic E-state index is -0.894. The molecule has 0 fully saturated rings. The second kappa shape index (κ2) is 50.3. The number of phenolic OH excluding ortho intramolecular Hbond substituents is 3. The molecule has 554 valence electrons. The number of methoxy groups -OCH3 is 3. The van der Waals surface area contributed by atoms with E-state index in [1.54, 1.807) is 24.3 Å². The van der Waals surface area contributed by atoms with E-state index in [4.69, 9.17) is 20.3 Å². The summed E-state index contributed by atoms with van der Waals surface area (Å²) in [6.07, 6.45) is 2.41. The predicted octanol–water partition coefficient (Wildman–Crippen LogP) is 16.6. The van der Waals surface area contributed by atoms with Gasteiger partial charge in [0.2, 0.25) is 0 Å². The Bertz CT molecular complexity index is 3150. The Hall–Kier alpha value is -6.08. The van der Waals surface area contributed by atoms with Gasteiger partial charge in [-0.3, -0.25) is 20.2 Å². The Kier molecular flexibility index (Phi) is 54.1. The Balaban J connectivity index is -0.000000200. The molecule has 5 aromatic carbocycles. The summed E-state index contributed by atoms with van der Waals surface area (Å²) in [7, 11) is 4.71. The van der Waals surface area contributed by atoms with Gasteiger partial charge < -0.3 is 60.2 Å². The van der Waals surface area contributed by atoms with Gasteiger partial charge in [-0.1, -0.05) is 198 Å². The van der Waals surface area contributed by atoms with Gasteiger partial charge in [-0.15, -0.1) is 0 Å². The monoisotopic (exact) mass is 1430 g/mol. The van der Waals surface area contributed by atoms with Crippen molar-refractivity contribution in [2.24, 2.45) is 0 Å². The molecule has 0 saturated heterocycles. The van der Waals surface area contributed by atoms with E-state index in [2.05, 4.69) is 147 Å². The standard InChI is InChI=1S/C14H19NO5.C14H20O3.C12H17NO3.C12H19NO.C12H18O.C6H15N.C2H3ClO2.CH4O.2CH4.K.H2O/c1-6-9-7-10(14(2,3)4)12(20-13(16)19-5)8-11(9)15(17)18;1-6-10-7-8-12(17-13(15)16-5)11(9-10)14(2,3)4;1-5-8-6-9(12(2,3)4)11(14)7-10(8)13(15)16;1-5-8-6-9(12(2,3)4)11(14)7-10(8)13;1-5-9-6-7-11(13)10(8-9)12(2,3)4;1-4-7(5-2)6-3;1-5-2(3)4;1-2;;;;/h7-8H,6H2,1-5H3;7-9H,6H2,1-5H3;6-7,14H,5H2,1-4H3;6-7,14H,5,13H2,1-4H3;6-8,13H,5H2,1-4H3;4-6H2,1-3H3;1H3;2H,1H3;2*1H4;;1H2/q;;;;;;;;;;+1;/p-1. The number of ether oxygens (including phenoxy) is 5. The van der Waals surface area contributed by atoms with Crippen molar-refractivity contribution >= 4 is 46.4 Å². The molecule has 0 spiro atoms. The molecule has 98 heavy (non-hydrogen) atoms. The van der Waals surface area contributed by atoms with Crippen molar-refractivity contribution in [3.05, 3.63) is 149 Å². The number of aliphatic hydroxyl groups is 1.